The van der Waals surface area contributed by atoms with Gasteiger partial charge in [-0.25, -0.2) is 0 Å². The third-order valence-corrected chi connectivity index (χ3v) is 7.41. The maximum Gasteiger partial charge on any atom is 0.257 e. The summed E-state index contributed by atoms with van der Waals surface area (Å²) in [6.07, 6.45) is 8.10. The zero-order chi connectivity index (χ0) is 20.8. The molecule has 1 amide bonds. The first-order chi connectivity index (χ1) is 14.5. The van der Waals surface area contributed by atoms with Crippen molar-refractivity contribution < 1.29 is 19.1 Å². The summed E-state index contributed by atoms with van der Waals surface area (Å²) < 4.78 is 11.1. The van der Waals surface area contributed by atoms with Crippen molar-refractivity contribution in [1.82, 2.24) is 5.32 Å². The Kier molecular flexibility index (Phi) is 5.05. The van der Waals surface area contributed by atoms with Crippen molar-refractivity contribution in [3.63, 3.8) is 0 Å². The van der Waals surface area contributed by atoms with Crippen LogP contribution < -0.4 is 10.1 Å². The van der Waals surface area contributed by atoms with Gasteiger partial charge in [-0.1, -0.05) is 0 Å². The number of phenolic OH excluding ortho intramolecular Hbond substituents is 1. The van der Waals surface area contributed by atoms with Gasteiger partial charge < -0.3 is 19.6 Å². The number of thiol groups is 1. The van der Waals surface area contributed by atoms with Crippen molar-refractivity contribution in [2.45, 2.75) is 38.1 Å². The molecule has 2 N–H and O–H groups in total. The molecule has 0 atom stereocenters. The second-order valence-electron chi connectivity index (χ2n) is 9.08. The maximum atomic E-state index is 12.8. The fourth-order valence-corrected chi connectivity index (χ4v) is 6.21. The van der Waals surface area contributed by atoms with Gasteiger partial charge in [0.2, 0.25) is 0 Å². The normalized spacial score (nSPS) is 29.8. The molecule has 4 saturated carbocycles. The van der Waals surface area contributed by atoms with E-state index in [1.807, 2.05) is 0 Å². The molecule has 4 aliphatic rings. The minimum Gasteiger partial charge on any atom is -0.508 e. The van der Waals surface area contributed by atoms with E-state index in [4.69, 9.17) is 9.15 Å². The summed E-state index contributed by atoms with van der Waals surface area (Å²) in [5.74, 6) is 4.65. The number of carbonyl (C=O) groups is 1. The van der Waals surface area contributed by atoms with Crippen LogP contribution in [-0.4, -0.2) is 24.2 Å². The lowest BCUT2D eigenvalue weighted by Crippen LogP contribution is -2.55. The number of benzene rings is 1. The SMILES string of the molecule is COc1cc(O)cc(-c2ccc(/C=C(\S)C(=O)NC3C4CC5CC(C4)CC3C5)o2)c1. The van der Waals surface area contributed by atoms with Crippen LogP contribution in [0.25, 0.3) is 17.4 Å². The predicted octanol–water partition coefficient (Wildman–Crippen LogP) is 4.87. The Bertz CT molecular complexity index is 967. The van der Waals surface area contributed by atoms with Gasteiger partial charge in [-0.15, -0.1) is 12.6 Å². The highest BCUT2D eigenvalue weighted by Gasteiger charge is 2.48. The molecule has 4 aliphatic carbocycles. The summed E-state index contributed by atoms with van der Waals surface area (Å²) in [4.78, 5) is 13.1. The Morgan fingerprint density at radius 1 is 1.13 bits per heavy atom. The van der Waals surface area contributed by atoms with Gasteiger partial charge in [0.25, 0.3) is 5.91 Å². The number of hydrogen-bond acceptors (Lipinski definition) is 5. The molecule has 6 heteroatoms. The maximum absolute atomic E-state index is 12.8. The van der Waals surface area contributed by atoms with Crippen LogP contribution in [0.2, 0.25) is 0 Å². The molecule has 1 heterocycles. The number of carbonyl (C=O) groups excluding carboxylic acids is 1. The number of amides is 1. The fourth-order valence-electron chi connectivity index (χ4n) is 6.02. The number of methoxy groups -OCH3 is 1. The molecular weight excluding hydrogens is 398 g/mol. The molecule has 1 aromatic heterocycles. The number of aromatic hydroxyl groups is 1. The molecule has 0 spiro atoms. The van der Waals surface area contributed by atoms with E-state index in [2.05, 4.69) is 17.9 Å². The van der Waals surface area contributed by atoms with Gasteiger partial charge in [0.05, 0.1) is 12.0 Å². The Labute approximate surface area is 181 Å². The fraction of sp³-hybridized carbons (Fsp3) is 0.458. The van der Waals surface area contributed by atoms with E-state index in [9.17, 15) is 9.90 Å². The molecule has 0 unspecified atom stereocenters. The van der Waals surface area contributed by atoms with Crippen LogP contribution in [0.5, 0.6) is 11.5 Å². The first-order valence-electron chi connectivity index (χ1n) is 10.7. The van der Waals surface area contributed by atoms with E-state index in [-0.39, 0.29) is 17.7 Å². The number of phenols is 1. The van der Waals surface area contributed by atoms with Crippen molar-refractivity contribution in [2.75, 3.05) is 7.11 Å². The quantitative estimate of drug-likeness (QED) is 0.472. The smallest absolute Gasteiger partial charge is 0.257 e. The van der Waals surface area contributed by atoms with Gasteiger partial charge in [-0.05, 0) is 86.1 Å². The summed E-state index contributed by atoms with van der Waals surface area (Å²) in [5, 5.41) is 13.1. The van der Waals surface area contributed by atoms with Gasteiger partial charge in [0, 0.05) is 17.7 Å². The molecule has 0 saturated heterocycles. The zero-order valence-electron chi connectivity index (χ0n) is 17.0. The second kappa shape index (κ2) is 7.73. The van der Waals surface area contributed by atoms with E-state index in [1.165, 1.54) is 38.2 Å². The number of nitrogens with one attached hydrogen (secondary N) is 1. The molecule has 5 nitrogen and oxygen atoms in total. The average Bonchev–Trinajstić information content (AvgIpc) is 3.18. The van der Waals surface area contributed by atoms with E-state index >= 15 is 0 Å². The minimum absolute atomic E-state index is 0.0998. The molecule has 4 bridgehead atoms. The first kappa shape index (κ1) is 19.6. The van der Waals surface area contributed by atoms with Gasteiger partial charge in [0.1, 0.15) is 23.0 Å². The lowest BCUT2D eigenvalue weighted by Gasteiger charge is -2.54. The lowest BCUT2D eigenvalue weighted by molar-refractivity contribution is -0.120. The van der Waals surface area contributed by atoms with Crippen LogP contribution in [0.4, 0.5) is 0 Å². The topological polar surface area (TPSA) is 71.7 Å². The Balaban J connectivity index is 1.29. The predicted molar refractivity (Wildman–Crippen MR) is 118 cm³/mol. The lowest BCUT2D eigenvalue weighted by atomic mass is 9.54. The highest BCUT2D eigenvalue weighted by atomic mass is 32.1. The second-order valence-corrected chi connectivity index (χ2v) is 9.56. The van der Waals surface area contributed by atoms with Gasteiger partial charge in [0.15, 0.2) is 0 Å². The summed E-state index contributed by atoms with van der Waals surface area (Å²) in [7, 11) is 1.55. The van der Waals surface area contributed by atoms with Crippen LogP contribution in [0.1, 0.15) is 37.9 Å². The largest absolute Gasteiger partial charge is 0.508 e. The van der Waals surface area contributed by atoms with Crippen molar-refractivity contribution in [1.29, 1.82) is 0 Å². The van der Waals surface area contributed by atoms with Gasteiger partial charge in [-0.3, -0.25) is 4.79 Å². The molecule has 4 fully saturated rings. The molecule has 1 aromatic carbocycles. The van der Waals surface area contributed by atoms with Crippen molar-refractivity contribution in [2.24, 2.45) is 23.7 Å². The van der Waals surface area contributed by atoms with Crippen molar-refractivity contribution in [3.8, 4) is 22.8 Å². The van der Waals surface area contributed by atoms with Crippen molar-refractivity contribution in [3.05, 3.63) is 41.0 Å². The molecule has 30 heavy (non-hydrogen) atoms. The van der Waals surface area contributed by atoms with E-state index in [0.717, 1.165) is 11.8 Å². The van der Waals surface area contributed by atoms with E-state index in [1.54, 1.807) is 37.5 Å². The summed E-state index contributed by atoms with van der Waals surface area (Å²) >= 11 is 4.44. The molecule has 0 radical (unpaired) electrons. The van der Waals surface area contributed by atoms with Gasteiger partial charge >= 0.3 is 0 Å². The third-order valence-electron chi connectivity index (χ3n) is 7.07. The number of rotatable bonds is 5. The summed E-state index contributed by atoms with van der Waals surface area (Å²) in [6.45, 7) is 0. The van der Waals surface area contributed by atoms with Gasteiger partial charge in [-0.2, -0.15) is 0 Å². The van der Waals surface area contributed by atoms with Crippen LogP contribution in [0.3, 0.4) is 0 Å². The van der Waals surface area contributed by atoms with Crippen LogP contribution in [0, 0.1) is 23.7 Å². The number of furan rings is 1. The van der Waals surface area contributed by atoms with E-state index in [0.29, 0.717) is 39.6 Å². The van der Waals surface area contributed by atoms with Crippen LogP contribution in [0.15, 0.2) is 39.7 Å². The third kappa shape index (κ3) is 3.73. The molecular formula is C24H27NO4S. The highest BCUT2D eigenvalue weighted by molar-refractivity contribution is 7.85. The minimum atomic E-state index is -0.132. The summed E-state index contributed by atoms with van der Waals surface area (Å²) in [6, 6.07) is 8.80. The summed E-state index contributed by atoms with van der Waals surface area (Å²) in [5.41, 5.74) is 0.699. The van der Waals surface area contributed by atoms with Crippen LogP contribution >= 0.6 is 12.6 Å². The first-order valence-corrected chi connectivity index (χ1v) is 11.1. The van der Waals surface area contributed by atoms with E-state index < -0.39 is 0 Å². The van der Waals surface area contributed by atoms with Crippen molar-refractivity contribution >= 4 is 24.6 Å². The average molecular weight is 426 g/mol. The van der Waals surface area contributed by atoms with Crippen LogP contribution in [-0.2, 0) is 4.79 Å². The monoisotopic (exact) mass is 425 g/mol. The molecule has 0 aliphatic heterocycles. The number of ether oxygens (including phenoxy) is 1. The molecule has 6 rings (SSSR count). The zero-order valence-corrected chi connectivity index (χ0v) is 17.9. The standard InChI is InChI=1S/C24H27NO4S/c1-28-20-10-15(9-18(26)11-20)21-3-2-19(29-21)12-22(30)24(27)25-23-16-5-13-4-14(7-16)8-17(23)6-13/h2-3,9-14,16-17,23,26,30H,4-8H2,1H3,(H,25,27)/b22-12-. The number of hydrogen-bond donors (Lipinski definition) is 3. The Hall–Kier alpha value is -2.34. The Morgan fingerprint density at radius 2 is 1.83 bits per heavy atom. The molecule has 2 aromatic rings. The molecule has 158 valence electrons. The Morgan fingerprint density at radius 3 is 2.50 bits per heavy atom. The highest BCUT2D eigenvalue weighted by Crippen LogP contribution is 2.53.